The van der Waals surface area contributed by atoms with Gasteiger partial charge in [0.05, 0.1) is 18.2 Å². The maximum Gasteiger partial charge on any atom is 0.336 e. The van der Waals surface area contributed by atoms with Gasteiger partial charge in [0, 0.05) is 17.5 Å². The van der Waals surface area contributed by atoms with Crippen LogP contribution in [0, 0.1) is 0 Å². The van der Waals surface area contributed by atoms with E-state index in [1.54, 1.807) is 30.3 Å². The molecular formula is C26H20O6. The van der Waals surface area contributed by atoms with Gasteiger partial charge in [-0.05, 0) is 45.7 Å². The standard InChI is InChI=1S/C26H20O6/c1-32-22(27)13-7-15-6-10-19-17(14-15)9-12-21(26(30)31)24(19)23-18-5-3-2-4-16(18)8-11-20(23)25(28)29/h2-6,8-12,14H,7,13H2,1H3,(H,28,29)(H,30,31). The lowest BCUT2D eigenvalue weighted by atomic mass is 9.86. The van der Waals surface area contributed by atoms with Crippen LogP contribution in [0.1, 0.15) is 32.7 Å². The predicted octanol–water partition coefficient (Wildman–Crippen LogP) is 5.16. The van der Waals surface area contributed by atoms with Gasteiger partial charge in [-0.2, -0.15) is 0 Å². The van der Waals surface area contributed by atoms with Crippen molar-refractivity contribution in [2.24, 2.45) is 0 Å². The van der Waals surface area contributed by atoms with E-state index in [0.29, 0.717) is 28.3 Å². The third kappa shape index (κ3) is 3.78. The van der Waals surface area contributed by atoms with E-state index >= 15 is 0 Å². The van der Waals surface area contributed by atoms with Crippen LogP contribution in [0.25, 0.3) is 32.7 Å². The first-order valence-electron chi connectivity index (χ1n) is 10.0. The molecule has 160 valence electrons. The average molecular weight is 428 g/mol. The van der Waals surface area contributed by atoms with Gasteiger partial charge in [0.2, 0.25) is 0 Å². The molecule has 0 aliphatic heterocycles. The zero-order chi connectivity index (χ0) is 22.8. The molecule has 0 aliphatic rings. The zero-order valence-corrected chi connectivity index (χ0v) is 17.3. The SMILES string of the molecule is COC(=O)CCc1ccc2c(-c3c(C(=O)O)ccc4ccccc34)c(C(=O)O)ccc2c1. The number of carbonyl (C=O) groups excluding carboxylic acids is 1. The quantitative estimate of drug-likeness (QED) is 0.411. The molecule has 0 aliphatic carbocycles. The van der Waals surface area contributed by atoms with Crippen molar-refractivity contribution >= 4 is 39.5 Å². The molecule has 6 heteroatoms. The van der Waals surface area contributed by atoms with Crippen LogP contribution >= 0.6 is 0 Å². The number of rotatable bonds is 6. The van der Waals surface area contributed by atoms with Gasteiger partial charge in [-0.3, -0.25) is 4.79 Å². The number of aromatic carboxylic acids is 2. The van der Waals surface area contributed by atoms with E-state index in [9.17, 15) is 24.6 Å². The van der Waals surface area contributed by atoms with Gasteiger partial charge in [-0.25, -0.2) is 9.59 Å². The third-order valence-electron chi connectivity index (χ3n) is 5.57. The van der Waals surface area contributed by atoms with Gasteiger partial charge in [-0.15, -0.1) is 0 Å². The lowest BCUT2D eigenvalue weighted by molar-refractivity contribution is -0.140. The molecule has 0 bridgehead atoms. The highest BCUT2D eigenvalue weighted by Crippen LogP contribution is 2.39. The van der Waals surface area contributed by atoms with Crippen molar-refractivity contribution in [1.82, 2.24) is 0 Å². The largest absolute Gasteiger partial charge is 0.478 e. The minimum atomic E-state index is -1.14. The van der Waals surface area contributed by atoms with E-state index in [1.165, 1.54) is 19.2 Å². The molecule has 0 unspecified atom stereocenters. The van der Waals surface area contributed by atoms with E-state index in [0.717, 1.165) is 16.3 Å². The number of aryl methyl sites for hydroxylation is 1. The summed E-state index contributed by atoms with van der Waals surface area (Å²) in [6, 6.07) is 19.2. The first-order valence-corrected chi connectivity index (χ1v) is 10.0. The average Bonchev–Trinajstić information content (AvgIpc) is 2.80. The lowest BCUT2D eigenvalue weighted by Crippen LogP contribution is -2.06. The van der Waals surface area contributed by atoms with E-state index in [-0.39, 0.29) is 23.5 Å². The Labute approximate surface area is 183 Å². The van der Waals surface area contributed by atoms with E-state index < -0.39 is 11.9 Å². The van der Waals surface area contributed by atoms with Crippen LogP contribution in [0.4, 0.5) is 0 Å². The Morgan fingerprint density at radius 2 is 1.34 bits per heavy atom. The van der Waals surface area contributed by atoms with Gasteiger partial charge in [0.15, 0.2) is 0 Å². The number of esters is 1. The van der Waals surface area contributed by atoms with Gasteiger partial charge < -0.3 is 14.9 Å². The molecule has 0 fully saturated rings. The predicted molar refractivity (Wildman–Crippen MR) is 121 cm³/mol. The maximum absolute atomic E-state index is 12.1. The van der Waals surface area contributed by atoms with Crippen molar-refractivity contribution in [1.29, 1.82) is 0 Å². The summed E-state index contributed by atoms with van der Waals surface area (Å²) in [5.41, 5.74) is 1.70. The molecule has 32 heavy (non-hydrogen) atoms. The molecule has 0 heterocycles. The maximum atomic E-state index is 12.1. The fourth-order valence-electron chi connectivity index (χ4n) is 4.05. The second-order valence-electron chi connectivity index (χ2n) is 7.44. The highest BCUT2D eigenvalue weighted by molar-refractivity contribution is 6.17. The minimum Gasteiger partial charge on any atom is -0.478 e. The Kier molecular flexibility index (Phi) is 5.60. The van der Waals surface area contributed by atoms with Gasteiger partial charge >= 0.3 is 17.9 Å². The van der Waals surface area contributed by atoms with Crippen LogP contribution in [0.3, 0.4) is 0 Å². The fourth-order valence-corrected chi connectivity index (χ4v) is 4.05. The molecule has 0 amide bonds. The van der Waals surface area contributed by atoms with E-state index in [2.05, 4.69) is 0 Å². The summed E-state index contributed by atoms with van der Waals surface area (Å²) in [6.45, 7) is 0. The molecule has 2 N–H and O–H groups in total. The van der Waals surface area contributed by atoms with Crippen LogP contribution in [0.5, 0.6) is 0 Å². The molecule has 0 spiro atoms. The van der Waals surface area contributed by atoms with E-state index in [4.69, 9.17) is 4.74 Å². The number of carbonyl (C=O) groups is 3. The topological polar surface area (TPSA) is 101 Å². The molecule has 0 atom stereocenters. The summed E-state index contributed by atoms with van der Waals surface area (Å²) in [5.74, 6) is -2.58. The van der Waals surface area contributed by atoms with Crippen molar-refractivity contribution in [3.63, 3.8) is 0 Å². The molecule has 0 radical (unpaired) electrons. The van der Waals surface area contributed by atoms with Crippen molar-refractivity contribution in [3.8, 4) is 11.1 Å². The summed E-state index contributed by atoms with van der Waals surface area (Å²) in [5, 5.41) is 22.7. The Morgan fingerprint density at radius 1 is 0.750 bits per heavy atom. The second kappa shape index (κ2) is 8.51. The molecular weight excluding hydrogens is 408 g/mol. The van der Waals surface area contributed by atoms with Crippen LogP contribution in [-0.2, 0) is 16.0 Å². The summed E-state index contributed by atoms with van der Waals surface area (Å²) < 4.78 is 4.70. The summed E-state index contributed by atoms with van der Waals surface area (Å²) >= 11 is 0. The summed E-state index contributed by atoms with van der Waals surface area (Å²) in [7, 11) is 1.34. The van der Waals surface area contributed by atoms with Gasteiger partial charge in [-0.1, -0.05) is 54.6 Å². The number of methoxy groups -OCH3 is 1. The van der Waals surface area contributed by atoms with Crippen LogP contribution in [0.2, 0.25) is 0 Å². The van der Waals surface area contributed by atoms with Crippen LogP contribution < -0.4 is 0 Å². The lowest BCUT2D eigenvalue weighted by Gasteiger charge is -2.16. The van der Waals surface area contributed by atoms with Crippen LogP contribution in [0.15, 0.2) is 66.7 Å². The Balaban J connectivity index is 2.02. The van der Waals surface area contributed by atoms with Crippen molar-refractivity contribution < 1.29 is 29.3 Å². The molecule has 0 aromatic heterocycles. The number of fused-ring (bicyclic) bond motifs is 2. The van der Waals surface area contributed by atoms with Crippen molar-refractivity contribution in [3.05, 3.63) is 83.4 Å². The smallest absolute Gasteiger partial charge is 0.336 e. The number of hydrogen-bond acceptors (Lipinski definition) is 4. The molecule has 0 saturated heterocycles. The monoisotopic (exact) mass is 428 g/mol. The Hall–Kier alpha value is -4.19. The van der Waals surface area contributed by atoms with E-state index in [1.807, 2.05) is 24.3 Å². The first-order chi connectivity index (χ1) is 15.4. The second-order valence-corrected chi connectivity index (χ2v) is 7.44. The van der Waals surface area contributed by atoms with Gasteiger partial charge in [0.1, 0.15) is 0 Å². The van der Waals surface area contributed by atoms with Crippen LogP contribution in [-0.4, -0.2) is 35.2 Å². The highest BCUT2D eigenvalue weighted by atomic mass is 16.5. The zero-order valence-electron chi connectivity index (χ0n) is 17.3. The Morgan fingerprint density at radius 3 is 1.97 bits per heavy atom. The van der Waals surface area contributed by atoms with Gasteiger partial charge in [0.25, 0.3) is 0 Å². The molecule has 4 aromatic carbocycles. The van der Waals surface area contributed by atoms with Crippen molar-refractivity contribution in [2.45, 2.75) is 12.8 Å². The number of hydrogen-bond donors (Lipinski definition) is 2. The number of carboxylic acid groups (broad SMARTS) is 2. The third-order valence-corrected chi connectivity index (χ3v) is 5.57. The minimum absolute atomic E-state index is 0.0265. The number of carboxylic acids is 2. The highest BCUT2D eigenvalue weighted by Gasteiger charge is 2.22. The molecule has 0 saturated carbocycles. The summed E-state index contributed by atoms with van der Waals surface area (Å²) in [6.07, 6.45) is 0.710. The Bertz CT molecular complexity index is 1390. The molecule has 4 rings (SSSR count). The first kappa shape index (κ1) is 21.1. The summed E-state index contributed by atoms with van der Waals surface area (Å²) in [4.78, 5) is 35.7. The fraction of sp³-hybridized carbons (Fsp3) is 0.115. The molecule has 4 aromatic rings. The van der Waals surface area contributed by atoms with Crippen molar-refractivity contribution in [2.75, 3.05) is 7.11 Å². The normalized spacial score (nSPS) is 10.9. The number of ether oxygens (including phenoxy) is 1. The number of benzene rings is 4. The molecule has 6 nitrogen and oxygen atoms in total.